The first-order valence-electron chi connectivity index (χ1n) is 6.70. The lowest BCUT2D eigenvalue weighted by Crippen LogP contribution is -2.47. The fourth-order valence-electron chi connectivity index (χ4n) is 2.17. The molecule has 4 nitrogen and oxygen atoms in total. The van der Waals surface area contributed by atoms with Gasteiger partial charge in [0, 0.05) is 30.3 Å². The van der Waals surface area contributed by atoms with Gasteiger partial charge in [-0.1, -0.05) is 19.9 Å². The molecular formula is C15H20N2O2. The van der Waals surface area contributed by atoms with E-state index in [-0.39, 0.29) is 23.7 Å². The SMILES string of the molecule is CC1(C)CCN(C(=O)CCc2ccccn2)CC1=O. The molecule has 2 rings (SSSR count). The van der Waals surface area contributed by atoms with Crippen LogP contribution in [0.4, 0.5) is 0 Å². The lowest BCUT2D eigenvalue weighted by atomic mass is 9.81. The topological polar surface area (TPSA) is 50.3 Å². The third kappa shape index (κ3) is 3.40. The van der Waals surface area contributed by atoms with Crippen LogP contribution in [0.1, 0.15) is 32.4 Å². The summed E-state index contributed by atoms with van der Waals surface area (Å²) < 4.78 is 0. The molecule has 0 atom stereocenters. The van der Waals surface area contributed by atoms with Crippen LogP contribution in [0.5, 0.6) is 0 Å². The monoisotopic (exact) mass is 260 g/mol. The van der Waals surface area contributed by atoms with Crippen LogP contribution in [0.3, 0.4) is 0 Å². The highest BCUT2D eigenvalue weighted by Crippen LogP contribution is 2.27. The highest BCUT2D eigenvalue weighted by atomic mass is 16.2. The highest BCUT2D eigenvalue weighted by molar-refractivity contribution is 5.90. The van der Waals surface area contributed by atoms with Crippen molar-refractivity contribution in [3.8, 4) is 0 Å². The van der Waals surface area contributed by atoms with Gasteiger partial charge in [0.15, 0.2) is 5.78 Å². The van der Waals surface area contributed by atoms with Gasteiger partial charge >= 0.3 is 0 Å². The summed E-state index contributed by atoms with van der Waals surface area (Å²) in [7, 11) is 0. The Hall–Kier alpha value is -1.71. The Bertz CT molecular complexity index is 468. The summed E-state index contributed by atoms with van der Waals surface area (Å²) in [5.41, 5.74) is 0.636. The molecule has 1 aromatic heterocycles. The molecule has 2 heterocycles. The molecule has 102 valence electrons. The van der Waals surface area contributed by atoms with Gasteiger partial charge in [-0.15, -0.1) is 0 Å². The van der Waals surface area contributed by atoms with Gasteiger partial charge in [-0.2, -0.15) is 0 Å². The van der Waals surface area contributed by atoms with E-state index in [0.29, 0.717) is 19.4 Å². The van der Waals surface area contributed by atoms with Gasteiger partial charge < -0.3 is 4.90 Å². The minimum absolute atomic E-state index is 0.0505. The van der Waals surface area contributed by atoms with Crippen LogP contribution in [0.25, 0.3) is 0 Å². The van der Waals surface area contributed by atoms with Crippen LogP contribution in [-0.2, 0) is 16.0 Å². The standard InChI is InChI=1S/C15H20N2O2/c1-15(2)8-10-17(11-13(15)18)14(19)7-6-12-5-3-4-9-16-12/h3-5,9H,6-8,10-11H2,1-2H3. The summed E-state index contributed by atoms with van der Waals surface area (Å²) in [5.74, 6) is 0.208. The summed E-state index contributed by atoms with van der Waals surface area (Å²) in [6.07, 6.45) is 3.53. The Morgan fingerprint density at radius 1 is 1.42 bits per heavy atom. The number of carbonyl (C=O) groups is 2. The summed E-state index contributed by atoms with van der Waals surface area (Å²) in [6.45, 7) is 4.84. The lowest BCUT2D eigenvalue weighted by Gasteiger charge is -2.35. The number of hydrogen-bond acceptors (Lipinski definition) is 3. The van der Waals surface area contributed by atoms with Crippen molar-refractivity contribution in [1.82, 2.24) is 9.88 Å². The molecule has 19 heavy (non-hydrogen) atoms. The molecule has 4 heteroatoms. The van der Waals surface area contributed by atoms with Gasteiger partial charge in [0.05, 0.1) is 6.54 Å². The number of nitrogens with zero attached hydrogens (tertiary/aromatic N) is 2. The highest BCUT2D eigenvalue weighted by Gasteiger charge is 2.35. The van der Waals surface area contributed by atoms with E-state index in [0.717, 1.165) is 12.1 Å². The first-order chi connectivity index (χ1) is 8.99. The maximum absolute atomic E-state index is 12.1. The quantitative estimate of drug-likeness (QED) is 0.833. The number of amides is 1. The maximum Gasteiger partial charge on any atom is 0.223 e. The molecule has 1 aliphatic heterocycles. The molecule has 0 radical (unpaired) electrons. The zero-order chi connectivity index (χ0) is 13.9. The van der Waals surface area contributed by atoms with Crippen molar-refractivity contribution < 1.29 is 9.59 Å². The van der Waals surface area contributed by atoms with Gasteiger partial charge in [0.1, 0.15) is 0 Å². The average Bonchev–Trinajstić information content (AvgIpc) is 2.40. The average molecular weight is 260 g/mol. The summed E-state index contributed by atoms with van der Waals surface area (Å²) in [6, 6.07) is 5.69. The lowest BCUT2D eigenvalue weighted by molar-refractivity contribution is -0.142. The predicted molar refractivity (Wildman–Crippen MR) is 72.5 cm³/mol. The Balaban J connectivity index is 1.86. The second-order valence-electron chi connectivity index (χ2n) is 5.69. The van der Waals surface area contributed by atoms with E-state index in [4.69, 9.17) is 0 Å². The number of rotatable bonds is 3. The van der Waals surface area contributed by atoms with Crippen LogP contribution >= 0.6 is 0 Å². The minimum Gasteiger partial charge on any atom is -0.335 e. The molecule has 0 unspecified atom stereocenters. The zero-order valence-corrected chi connectivity index (χ0v) is 11.6. The fraction of sp³-hybridized carbons (Fsp3) is 0.533. The number of likely N-dealkylation sites (tertiary alicyclic amines) is 1. The van der Waals surface area contributed by atoms with Crippen LogP contribution in [0, 0.1) is 5.41 Å². The van der Waals surface area contributed by atoms with E-state index in [9.17, 15) is 9.59 Å². The third-order valence-corrected chi connectivity index (χ3v) is 3.77. The van der Waals surface area contributed by atoms with Crippen LogP contribution < -0.4 is 0 Å². The van der Waals surface area contributed by atoms with E-state index in [1.54, 1.807) is 11.1 Å². The molecule has 0 bridgehead atoms. The van der Waals surface area contributed by atoms with E-state index in [1.807, 2.05) is 32.0 Å². The molecule has 0 saturated carbocycles. The summed E-state index contributed by atoms with van der Waals surface area (Å²) in [4.78, 5) is 29.8. The number of aromatic nitrogens is 1. The first kappa shape index (κ1) is 13.7. The van der Waals surface area contributed by atoms with E-state index in [1.165, 1.54) is 0 Å². The zero-order valence-electron chi connectivity index (χ0n) is 11.6. The molecule has 0 aliphatic carbocycles. The smallest absolute Gasteiger partial charge is 0.223 e. The van der Waals surface area contributed by atoms with Crippen LogP contribution in [0.2, 0.25) is 0 Å². The van der Waals surface area contributed by atoms with E-state index >= 15 is 0 Å². The number of aryl methyl sites for hydroxylation is 1. The van der Waals surface area contributed by atoms with Crippen molar-refractivity contribution in [2.24, 2.45) is 5.41 Å². The van der Waals surface area contributed by atoms with Crippen molar-refractivity contribution in [2.45, 2.75) is 33.1 Å². The first-order valence-corrected chi connectivity index (χ1v) is 6.70. The van der Waals surface area contributed by atoms with Gasteiger partial charge in [-0.25, -0.2) is 0 Å². The largest absolute Gasteiger partial charge is 0.335 e. The molecule has 1 aromatic rings. The van der Waals surface area contributed by atoms with Crippen LogP contribution in [-0.4, -0.2) is 34.7 Å². The van der Waals surface area contributed by atoms with Gasteiger partial charge in [0.25, 0.3) is 0 Å². The van der Waals surface area contributed by atoms with Crippen LogP contribution in [0.15, 0.2) is 24.4 Å². The third-order valence-electron chi connectivity index (χ3n) is 3.77. The molecule has 0 aromatic carbocycles. The number of ketones is 1. The molecular weight excluding hydrogens is 240 g/mol. The number of carbonyl (C=O) groups excluding carboxylic acids is 2. The van der Waals surface area contributed by atoms with Crippen molar-refractivity contribution in [3.63, 3.8) is 0 Å². The molecule has 0 spiro atoms. The number of hydrogen-bond donors (Lipinski definition) is 0. The van der Waals surface area contributed by atoms with Crippen molar-refractivity contribution in [1.29, 1.82) is 0 Å². The second-order valence-corrected chi connectivity index (χ2v) is 5.69. The second kappa shape index (κ2) is 5.51. The maximum atomic E-state index is 12.1. The summed E-state index contributed by atoms with van der Waals surface area (Å²) in [5, 5.41) is 0. The van der Waals surface area contributed by atoms with Gasteiger partial charge in [-0.3, -0.25) is 14.6 Å². The number of Topliss-reactive ketones (excluding diaryl/α,β-unsaturated/α-hetero) is 1. The van der Waals surface area contributed by atoms with Crippen molar-refractivity contribution >= 4 is 11.7 Å². The van der Waals surface area contributed by atoms with Gasteiger partial charge in [0.2, 0.25) is 5.91 Å². The molecule has 1 amide bonds. The Morgan fingerprint density at radius 2 is 2.21 bits per heavy atom. The van der Waals surface area contributed by atoms with Crippen molar-refractivity contribution in [3.05, 3.63) is 30.1 Å². The molecule has 0 N–H and O–H groups in total. The Labute approximate surface area is 113 Å². The van der Waals surface area contributed by atoms with Crippen molar-refractivity contribution in [2.75, 3.05) is 13.1 Å². The van der Waals surface area contributed by atoms with E-state index in [2.05, 4.69) is 4.98 Å². The Kier molecular flexibility index (Phi) is 3.98. The Morgan fingerprint density at radius 3 is 2.84 bits per heavy atom. The number of pyridine rings is 1. The fourth-order valence-corrected chi connectivity index (χ4v) is 2.17. The minimum atomic E-state index is -0.280. The summed E-state index contributed by atoms with van der Waals surface area (Å²) >= 11 is 0. The molecule has 1 aliphatic rings. The molecule has 1 fully saturated rings. The van der Waals surface area contributed by atoms with Gasteiger partial charge in [-0.05, 0) is 25.0 Å². The molecule has 1 saturated heterocycles. The van der Waals surface area contributed by atoms with E-state index < -0.39 is 0 Å². The predicted octanol–water partition coefficient (Wildman–Crippen LogP) is 1.84. The normalized spacial score (nSPS) is 18.4. The number of piperidine rings is 1.